The van der Waals surface area contributed by atoms with Gasteiger partial charge in [-0.15, -0.1) is 11.3 Å². The van der Waals surface area contributed by atoms with Crippen molar-refractivity contribution in [3.05, 3.63) is 99.3 Å². The van der Waals surface area contributed by atoms with Crippen LogP contribution in [0.5, 0.6) is 0 Å². The number of amides is 1. The molecule has 180 valence electrons. The number of para-hydroxylation sites is 1. The second-order valence-corrected chi connectivity index (χ2v) is 11.2. The highest BCUT2D eigenvalue weighted by molar-refractivity contribution is 7.14. The molecule has 0 bridgehead atoms. The van der Waals surface area contributed by atoms with Gasteiger partial charge >= 0.3 is 0 Å². The third-order valence-corrected chi connectivity index (χ3v) is 7.44. The summed E-state index contributed by atoms with van der Waals surface area (Å²) in [5.41, 5.74) is 5.82. The van der Waals surface area contributed by atoms with Gasteiger partial charge in [0.15, 0.2) is 5.13 Å². The molecular formula is C29H23Cl2N3OS. The van der Waals surface area contributed by atoms with Gasteiger partial charge in [0.1, 0.15) is 0 Å². The van der Waals surface area contributed by atoms with Gasteiger partial charge in [-0.1, -0.05) is 92.5 Å². The fraction of sp³-hybridized carbons (Fsp3) is 0.138. The third-order valence-electron chi connectivity index (χ3n) is 5.95. The highest BCUT2D eigenvalue weighted by Crippen LogP contribution is 2.32. The van der Waals surface area contributed by atoms with Gasteiger partial charge in [-0.05, 0) is 35.2 Å². The zero-order valence-corrected chi connectivity index (χ0v) is 22.3. The van der Waals surface area contributed by atoms with Crippen LogP contribution in [0.3, 0.4) is 0 Å². The lowest BCUT2D eigenvalue weighted by Crippen LogP contribution is -2.13. The molecule has 1 amide bonds. The minimum Gasteiger partial charge on any atom is -0.298 e. The minimum atomic E-state index is -0.251. The number of hydrogen-bond donors (Lipinski definition) is 1. The van der Waals surface area contributed by atoms with Crippen LogP contribution in [0.25, 0.3) is 33.4 Å². The number of halogens is 2. The lowest BCUT2D eigenvalue weighted by molar-refractivity contribution is 0.102. The molecule has 2 aromatic heterocycles. The number of carbonyl (C=O) groups is 1. The van der Waals surface area contributed by atoms with Crippen LogP contribution in [0.4, 0.5) is 5.13 Å². The molecular weight excluding hydrogens is 509 g/mol. The summed E-state index contributed by atoms with van der Waals surface area (Å²) in [5.74, 6) is -0.251. The lowest BCUT2D eigenvalue weighted by atomic mass is 9.86. The Balaban J connectivity index is 1.45. The average molecular weight is 532 g/mol. The zero-order chi connectivity index (χ0) is 25.4. The van der Waals surface area contributed by atoms with Gasteiger partial charge in [0, 0.05) is 21.9 Å². The van der Waals surface area contributed by atoms with Crippen LogP contribution in [0.2, 0.25) is 10.0 Å². The molecule has 0 aliphatic heterocycles. The summed E-state index contributed by atoms with van der Waals surface area (Å²) in [6, 6.07) is 23.0. The molecule has 3 aromatic carbocycles. The number of aromatic nitrogens is 2. The molecule has 0 spiro atoms. The topological polar surface area (TPSA) is 54.9 Å². The van der Waals surface area contributed by atoms with Crippen molar-refractivity contribution in [3.63, 3.8) is 0 Å². The van der Waals surface area contributed by atoms with E-state index < -0.39 is 0 Å². The molecule has 0 saturated carbocycles. The van der Waals surface area contributed by atoms with Gasteiger partial charge in [-0.2, -0.15) is 0 Å². The SMILES string of the molecule is CC(C)(C)c1ccc(-c2csc(NC(=O)c3cc(-c4ccc(Cl)c(Cl)c4)nc4ccccc34)n2)cc1. The standard InChI is InChI=1S/C29H23Cl2N3OS/c1-29(2,3)19-11-8-17(9-12-19)26-16-36-28(33-26)34-27(35)21-15-25(18-10-13-22(30)23(31)14-18)32-24-7-5-4-6-20(21)24/h4-16H,1-3H3,(H,33,34,35). The van der Waals surface area contributed by atoms with Crippen LogP contribution >= 0.6 is 34.5 Å². The van der Waals surface area contributed by atoms with Crippen molar-refractivity contribution in [1.82, 2.24) is 9.97 Å². The van der Waals surface area contributed by atoms with Gasteiger partial charge in [0.05, 0.1) is 32.5 Å². The second kappa shape index (κ2) is 9.66. The van der Waals surface area contributed by atoms with Gasteiger partial charge < -0.3 is 0 Å². The van der Waals surface area contributed by atoms with Crippen LogP contribution in [0.15, 0.2) is 78.2 Å². The largest absolute Gasteiger partial charge is 0.298 e. The van der Waals surface area contributed by atoms with E-state index >= 15 is 0 Å². The van der Waals surface area contributed by atoms with Crippen LogP contribution in [0, 0.1) is 0 Å². The number of benzene rings is 3. The summed E-state index contributed by atoms with van der Waals surface area (Å²) in [5, 5.41) is 7.11. The molecule has 5 aromatic rings. The zero-order valence-electron chi connectivity index (χ0n) is 20.0. The third kappa shape index (κ3) is 5.00. The van der Waals surface area contributed by atoms with E-state index in [-0.39, 0.29) is 11.3 Å². The van der Waals surface area contributed by atoms with E-state index in [9.17, 15) is 4.79 Å². The van der Waals surface area contributed by atoms with E-state index in [1.807, 2.05) is 35.7 Å². The molecule has 7 heteroatoms. The van der Waals surface area contributed by atoms with Crippen LogP contribution < -0.4 is 5.32 Å². The number of carbonyl (C=O) groups excluding carboxylic acids is 1. The van der Waals surface area contributed by atoms with E-state index in [4.69, 9.17) is 28.2 Å². The van der Waals surface area contributed by atoms with E-state index in [1.54, 1.807) is 18.2 Å². The molecule has 0 fully saturated rings. The van der Waals surface area contributed by atoms with Crippen molar-refractivity contribution in [2.24, 2.45) is 0 Å². The summed E-state index contributed by atoms with van der Waals surface area (Å²) in [4.78, 5) is 22.8. The molecule has 36 heavy (non-hydrogen) atoms. The fourth-order valence-electron chi connectivity index (χ4n) is 3.94. The number of thiazole rings is 1. The van der Waals surface area contributed by atoms with Crippen molar-refractivity contribution in [3.8, 4) is 22.5 Å². The summed E-state index contributed by atoms with van der Waals surface area (Å²) < 4.78 is 0. The molecule has 0 saturated heterocycles. The Labute approximate surface area is 224 Å². The van der Waals surface area contributed by atoms with E-state index in [0.717, 1.165) is 22.2 Å². The quantitative estimate of drug-likeness (QED) is 0.252. The minimum absolute atomic E-state index is 0.0866. The summed E-state index contributed by atoms with van der Waals surface area (Å²) in [6.07, 6.45) is 0. The highest BCUT2D eigenvalue weighted by atomic mass is 35.5. The van der Waals surface area contributed by atoms with E-state index in [0.29, 0.717) is 32.0 Å². The van der Waals surface area contributed by atoms with Crippen molar-refractivity contribution < 1.29 is 4.79 Å². The number of rotatable bonds is 4. The Bertz CT molecular complexity index is 1590. The predicted octanol–water partition coefficient (Wildman–Crippen LogP) is 8.88. The number of hydrogen-bond acceptors (Lipinski definition) is 4. The van der Waals surface area contributed by atoms with Crippen molar-refractivity contribution in [2.75, 3.05) is 5.32 Å². The summed E-state index contributed by atoms with van der Waals surface area (Å²) in [6.45, 7) is 6.57. The molecule has 2 heterocycles. The molecule has 1 N–H and O–H groups in total. The first-order valence-electron chi connectivity index (χ1n) is 11.4. The van der Waals surface area contributed by atoms with Gasteiger partial charge in [0.2, 0.25) is 0 Å². The summed E-state index contributed by atoms with van der Waals surface area (Å²) in [7, 11) is 0. The monoisotopic (exact) mass is 531 g/mol. The van der Waals surface area contributed by atoms with Crippen molar-refractivity contribution >= 4 is 56.5 Å². The Morgan fingerprint density at radius 1 is 0.833 bits per heavy atom. The maximum atomic E-state index is 13.4. The first kappa shape index (κ1) is 24.4. The van der Waals surface area contributed by atoms with Gasteiger partial charge in [0.25, 0.3) is 5.91 Å². The van der Waals surface area contributed by atoms with E-state index in [1.165, 1.54) is 16.9 Å². The average Bonchev–Trinajstić information content (AvgIpc) is 3.33. The Morgan fingerprint density at radius 3 is 2.28 bits per heavy atom. The van der Waals surface area contributed by atoms with Crippen LogP contribution in [0.1, 0.15) is 36.7 Å². The second-order valence-electron chi connectivity index (χ2n) is 9.52. The normalized spacial score (nSPS) is 11.6. The van der Waals surface area contributed by atoms with Crippen molar-refractivity contribution in [1.29, 1.82) is 0 Å². The number of nitrogens with zero attached hydrogens (tertiary/aromatic N) is 2. The molecule has 0 atom stereocenters. The number of pyridine rings is 1. The van der Waals surface area contributed by atoms with Gasteiger partial charge in [-0.3, -0.25) is 10.1 Å². The fourth-order valence-corrected chi connectivity index (χ4v) is 4.95. The molecule has 0 aliphatic carbocycles. The first-order valence-corrected chi connectivity index (χ1v) is 13.1. The van der Waals surface area contributed by atoms with Crippen molar-refractivity contribution in [2.45, 2.75) is 26.2 Å². The number of anilines is 1. The first-order chi connectivity index (χ1) is 17.2. The predicted molar refractivity (Wildman–Crippen MR) is 151 cm³/mol. The molecule has 0 aliphatic rings. The van der Waals surface area contributed by atoms with E-state index in [2.05, 4.69) is 55.3 Å². The van der Waals surface area contributed by atoms with Crippen LogP contribution in [-0.4, -0.2) is 15.9 Å². The number of fused-ring (bicyclic) bond motifs is 1. The maximum absolute atomic E-state index is 13.4. The van der Waals surface area contributed by atoms with Gasteiger partial charge in [-0.25, -0.2) is 9.97 Å². The lowest BCUT2D eigenvalue weighted by Gasteiger charge is -2.18. The maximum Gasteiger partial charge on any atom is 0.258 e. The molecule has 0 radical (unpaired) electrons. The smallest absolute Gasteiger partial charge is 0.258 e. The van der Waals surface area contributed by atoms with Crippen LogP contribution in [-0.2, 0) is 5.41 Å². The molecule has 5 rings (SSSR count). The Morgan fingerprint density at radius 2 is 1.56 bits per heavy atom. The highest BCUT2D eigenvalue weighted by Gasteiger charge is 2.17. The molecule has 4 nitrogen and oxygen atoms in total. The Kier molecular flexibility index (Phi) is 6.56. The molecule has 0 unspecified atom stereocenters. The Hall–Kier alpha value is -3.25. The summed E-state index contributed by atoms with van der Waals surface area (Å²) >= 11 is 13.7. The number of nitrogens with one attached hydrogen (secondary N) is 1.